The molecule has 0 atom stereocenters. The predicted octanol–water partition coefficient (Wildman–Crippen LogP) is 2.34. The maximum absolute atomic E-state index is 11.7. The third-order valence-electron chi connectivity index (χ3n) is 2.57. The van der Waals surface area contributed by atoms with Crippen LogP contribution in [0.25, 0.3) is 0 Å². The minimum Gasteiger partial charge on any atom is -0.465 e. The van der Waals surface area contributed by atoms with Gasteiger partial charge in [-0.2, -0.15) is 0 Å². The summed E-state index contributed by atoms with van der Waals surface area (Å²) in [6.07, 6.45) is 1.59. The van der Waals surface area contributed by atoms with Gasteiger partial charge in [-0.3, -0.25) is 10.1 Å². The van der Waals surface area contributed by atoms with E-state index in [4.69, 9.17) is 4.74 Å². The number of nitro benzene ring substituents is 1. The van der Waals surface area contributed by atoms with Gasteiger partial charge in [-0.05, 0) is 18.6 Å². The Bertz CT molecular complexity index is 526. The number of rotatable bonds is 6. The van der Waals surface area contributed by atoms with Crippen molar-refractivity contribution >= 4 is 17.6 Å². The van der Waals surface area contributed by atoms with E-state index in [-0.39, 0.29) is 17.7 Å². The minimum atomic E-state index is -0.831. The molecule has 108 valence electrons. The molecule has 0 saturated carbocycles. The topological polar surface area (TPSA) is 95.7 Å². The molecule has 1 aromatic rings. The molecule has 0 aliphatic heterocycles. The second-order valence-corrected chi connectivity index (χ2v) is 3.97. The Morgan fingerprint density at radius 1 is 1.30 bits per heavy atom. The molecule has 0 radical (unpaired) electrons. The van der Waals surface area contributed by atoms with Crippen LogP contribution in [0.4, 0.5) is 5.69 Å². The minimum absolute atomic E-state index is 0.0282. The molecule has 0 heterocycles. The van der Waals surface area contributed by atoms with Crippen molar-refractivity contribution in [2.24, 2.45) is 0 Å². The molecule has 0 bridgehead atoms. The number of ether oxygens (including phenoxy) is 2. The van der Waals surface area contributed by atoms with Crippen molar-refractivity contribution in [3.63, 3.8) is 0 Å². The highest BCUT2D eigenvalue weighted by Gasteiger charge is 2.23. The van der Waals surface area contributed by atoms with Gasteiger partial charge < -0.3 is 9.47 Å². The Morgan fingerprint density at radius 3 is 2.55 bits per heavy atom. The number of carbonyl (C=O) groups excluding carboxylic acids is 2. The van der Waals surface area contributed by atoms with E-state index in [1.807, 2.05) is 6.92 Å². The molecule has 1 rings (SSSR count). The van der Waals surface area contributed by atoms with E-state index < -0.39 is 22.5 Å². The first-order valence-electron chi connectivity index (χ1n) is 6.05. The molecule has 0 amide bonds. The van der Waals surface area contributed by atoms with Crippen LogP contribution in [0.1, 0.15) is 40.5 Å². The molecule has 7 nitrogen and oxygen atoms in total. The van der Waals surface area contributed by atoms with Crippen LogP contribution in [-0.4, -0.2) is 30.6 Å². The standard InChI is InChI=1S/C13H15NO6/c1-3-4-7-20-12(15)9-5-6-10(13(16)19-2)11(8-9)14(17)18/h5-6,8H,3-4,7H2,1-2H3. The molecular weight excluding hydrogens is 266 g/mol. The summed E-state index contributed by atoms with van der Waals surface area (Å²) in [6, 6.07) is 3.49. The zero-order valence-electron chi connectivity index (χ0n) is 11.3. The van der Waals surface area contributed by atoms with Crippen LogP contribution in [0.15, 0.2) is 18.2 Å². The van der Waals surface area contributed by atoms with Gasteiger partial charge in [-0.15, -0.1) is 0 Å². The Kier molecular flexibility index (Phi) is 5.64. The Morgan fingerprint density at radius 2 is 2.00 bits per heavy atom. The summed E-state index contributed by atoms with van der Waals surface area (Å²) in [4.78, 5) is 33.3. The monoisotopic (exact) mass is 281 g/mol. The van der Waals surface area contributed by atoms with Gasteiger partial charge >= 0.3 is 11.9 Å². The van der Waals surface area contributed by atoms with E-state index in [1.165, 1.54) is 12.1 Å². The van der Waals surface area contributed by atoms with Gasteiger partial charge in [0.1, 0.15) is 5.56 Å². The summed E-state index contributed by atoms with van der Waals surface area (Å²) in [7, 11) is 1.12. The molecule has 7 heteroatoms. The van der Waals surface area contributed by atoms with E-state index in [0.717, 1.165) is 19.6 Å². The molecule has 0 spiro atoms. The van der Waals surface area contributed by atoms with Crippen molar-refractivity contribution in [3.05, 3.63) is 39.4 Å². The van der Waals surface area contributed by atoms with Crippen LogP contribution in [-0.2, 0) is 9.47 Å². The van der Waals surface area contributed by atoms with Crippen LogP contribution in [0.5, 0.6) is 0 Å². The average molecular weight is 281 g/mol. The van der Waals surface area contributed by atoms with E-state index in [9.17, 15) is 19.7 Å². The highest BCUT2D eigenvalue weighted by Crippen LogP contribution is 2.21. The predicted molar refractivity (Wildman–Crippen MR) is 69.6 cm³/mol. The van der Waals surface area contributed by atoms with E-state index in [2.05, 4.69) is 4.74 Å². The number of carbonyl (C=O) groups is 2. The zero-order valence-corrected chi connectivity index (χ0v) is 11.3. The number of nitrogens with zero attached hydrogens (tertiary/aromatic N) is 1. The van der Waals surface area contributed by atoms with E-state index in [0.29, 0.717) is 6.42 Å². The maximum Gasteiger partial charge on any atom is 0.344 e. The van der Waals surface area contributed by atoms with Crippen molar-refractivity contribution in [2.45, 2.75) is 19.8 Å². The van der Waals surface area contributed by atoms with Gasteiger partial charge in [0.25, 0.3) is 5.69 Å². The lowest BCUT2D eigenvalue weighted by atomic mass is 10.1. The highest BCUT2D eigenvalue weighted by molar-refractivity contribution is 5.97. The molecule has 0 saturated heterocycles. The van der Waals surface area contributed by atoms with Crippen molar-refractivity contribution in [1.82, 2.24) is 0 Å². The van der Waals surface area contributed by atoms with E-state index >= 15 is 0 Å². The number of nitro groups is 1. The number of benzene rings is 1. The maximum atomic E-state index is 11.7. The van der Waals surface area contributed by atoms with Gasteiger partial charge in [-0.1, -0.05) is 13.3 Å². The third-order valence-corrected chi connectivity index (χ3v) is 2.57. The average Bonchev–Trinajstić information content (AvgIpc) is 2.45. The molecule has 0 N–H and O–H groups in total. The molecule has 0 fully saturated rings. The van der Waals surface area contributed by atoms with Crippen LogP contribution in [0.2, 0.25) is 0 Å². The molecule has 20 heavy (non-hydrogen) atoms. The molecule has 0 aromatic heterocycles. The number of hydrogen-bond donors (Lipinski definition) is 0. The lowest BCUT2D eigenvalue weighted by Crippen LogP contribution is -2.10. The molecular formula is C13H15NO6. The number of esters is 2. The van der Waals surface area contributed by atoms with Gasteiger partial charge in [0.05, 0.1) is 24.2 Å². The first-order valence-corrected chi connectivity index (χ1v) is 6.05. The summed E-state index contributed by atoms with van der Waals surface area (Å²) in [6.45, 7) is 2.20. The van der Waals surface area contributed by atoms with Crippen molar-refractivity contribution < 1.29 is 24.0 Å². The summed E-state index contributed by atoms with van der Waals surface area (Å²) < 4.78 is 9.40. The molecule has 0 aliphatic rings. The van der Waals surface area contributed by atoms with Crippen molar-refractivity contribution in [1.29, 1.82) is 0 Å². The van der Waals surface area contributed by atoms with Crippen LogP contribution in [0, 0.1) is 10.1 Å². The number of hydrogen-bond acceptors (Lipinski definition) is 6. The van der Waals surface area contributed by atoms with Crippen LogP contribution < -0.4 is 0 Å². The van der Waals surface area contributed by atoms with Crippen molar-refractivity contribution in [2.75, 3.05) is 13.7 Å². The Hall–Kier alpha value is -2.44. The smallest absolute Gasteiger partial charge is 0.344 e. The fraction of sp³-hybridized carbons (Fsp3) is 0.385. The normalized spacial score (nSPS) is 9.90. The third kappa shape index (κ3) is 3.78. The van der Waals surface area contributed by atoms with Gasteiger partial charge in [-0.25, -0.2) is 9.59 Å². The second kappa shape index (κ2) is 7.22. The largest absolute Gasteiger partial charge is 0.465 e. The first kappa shape index (κ1) is 15.6. The SMILES string of the molecule is CCCCOC(=O)c1ccc(C(=O)OC)c([N+](=O)[O-])c1. The quantitative estimate of drug-likeness (QED) is 0.343. The summed E-state index contributed by atoms with van der Waals surface area (Å²) in [5, 5.41) is 10.9. The lowest BCUT2D eigenvalue weighted by molar-refractivity contribution is -0.385. The second-order valence-electron chi connectivity index (χ2n) is 3.97. The van der Waals surface area contributed by atoms with Crippen LogP contribution >= 0.6 is 0 Å². The zero-order chi connectivity index (χ0) is 15.1. The number of methoxy groups -OCH3 is 1. The van der Waals surface area contributed by atoms with Gasteiger partial charge in [0.2, 0.25) is 0 Å². The number of unbranched alkanes of at least 4 members (excludes halogenated alkanes) is 1. The first-order chi connectivity index (χ1) is 9.51. The summed E-state index contributed by atoms with van der Waals surface area (Å²) in [5.41, 5.74) is -0.662. The lowest BCUT2D eigenvalue weighted by Gasteiger charge is -2.05. The Labute approximate surface area is 115 Å². The molecule has 1 aromatic carbocycles. The Balaban J connectivity index is 3.01. The fourth-order valence-corrected chi connectivity index (χ4v) is 1.48. The summed E-state index contributed by atoms with van der Waals surface area (Å²) in [5.74, 6) is -1.49. The van der Waals surface area contributed by atoms with Gasteiger partial charge in [0.15, 0.2) is 0 Å². The fourth-order valence-electron chi connectivity index (χ4n) is 1.48. The van der Waals surface area contributed by atoms with Gasteiger partial charge in [0, 0.05) is 6.07 Å². The van der Waals surface area contributed by atoms with Crippen molar-refractivity contribution in [3.8, 4) is 0 Å². The van der Waals surface area contributed by atoms with E-state index in [1.54, 1.807) is 0 Å². The van der Waals surface area contributed by atoms with Crippen LogP contribution in [0.3, 0.4) is 0 Å². The molecule has 0 unspecified atom stereocenters. The summed E-state index contributed by atoms with van der Waals surface area (Å²) >= 11 is 0. The molecule has 0 aliphatic carbocycles. The highest BCUT2D eigenvalue weighted by atomic mass is 16.6.